The van der Waals surface area contributed by atoms with E-state index in [1.54, 1.807) is 37.4 Å². The molecule has 2 aromatic carbocycles. The highest BCUT2D eigenvalue weighted by molar-refractivity contribution is 7.90. The van der Waals surface area contributed by atoms with Gasteiger partial charge >= 0.3 is 6.18 Å². The van der Waals surface area contributed by atoms with Crippen LogP contribution in [0.25, 0.3) is 11.3 Å². The minimum absolute atomic E-state index is 0.0344. The Morgan fingerprint density at radius 3 is 2.39 bits per heavy atom. The summed E-state index contributed by atoms with van der Waals surface area (Å²) in [6.45, 7) is 1.31. The monoisotopic (exact) mass is 450 g/mol. The molecule has 0 saturated heterocycles. The Morgan fingerprint density at radius 2 is 1.81 bits per heavy atom. The van der Waals surface area contributed by atoms with E-state index in [0.717, 1.165) is 6.07 Å². The molecule has 3 rings (SSSR count). The summed E-state index contributed by atoms with van der Waals surface area (Å²) in [7, 11) is 0. The molecule has 1 unspecified atom stereocenters. The number of alkyl halides is 3. The lowest BCUT2D eigenvalue weighted by atomic mass is 10.00. The number of nitrogens with one attached hydrogen (secondary N) is 1. The maximum absolute atomic E-state index is 13.6. The molecule has 9 heteroatoms. The predicted molar refractivity (Wildman–Crippen MR) is 113 cm³/mol. The van der Waals surface area contributed by atoms with Gasteiger partial charge in [0.05, 0.1) is 23.4 Å². The lowest BCUT2D eigenvalue weighted by molar-refractivity contribution is -0.137. The standard InChI is InChI=1S/C22H21F3N2O3S/c1-14-18(21(29)26-15-7-9-16(10-8-15)31(2)30)13-27(11-12-28)20(14)17-5-3-4-6-19(17)22(23,24)25/h3-10,13,28H,11-12H2,1-2H3,(H,26,29). The number of aromatic nitrogens is 1. The summed E-state index contributed by atoms with van der Waals surface area (Å²) in [5, 5.41) is 12.1. The number of carbonyl (C=O) groups excluding carboxylic acids is 1. The number of nitrogens with zero attached hydrogens (tertiary/aromatic N) is 1. The number of aliphatic hydroxyl groups excluding tert-OH is 1. The van der Waals surface area contributed by atoms with Crippen LogP contribution in [0.5, 0.6) is 0 Å². The highest BCUT2D eigenvalue weighted by atomic mass is 32.2. The summed E-state index contributed by atoms with van der Waals surface area (Å²) in [6.07, 6.45) is -1.58. The van der Waals surface area contributed by atoms with Crippen molar-refractivity contribution in [1.82, 2.24) is 4.57 Å². The molecule has 1 heterocycles. The van der Waals surface area contributed by atoms with E-state index in [1.165, 1.54) is 29.0 Å². The smallest absolute Gasteiger partial charge is 0.417 e. The van der Waals surface area contributed by atoms with Gasteiger partial charge in [-0.1, -0.05) is 18.2 Å². The number of hydrogen-bond donors (Lipinski definition) is 2. The molecule has 5 nitrogen and oxygen atoms in total. The predicted octanol–water partition coefficient (Wildman–Crippen LogP) is 4.46. The van der Waals surface area contributed by atoms with Gasteiger partial charge in [-0.3, -0.25) is 4.79 Å². The molecule has 0 aliphatic heterocycles. The Labute approximate surface area is 180 Å². The van der Waals surface area contributed by atoms with Crippen molar-refractivity contribution in [2.45, 2.75) is 24.5 Å². The Balaban J connectivity index is 2.01. The molecule has 0 saturated carbocycles. The van der Waals surface area contributed by atoms with Crippen molar-refractivity contribution in [3.05, 3.63) is 71.4 Å². The molecule has 164 valence electrons. The first-order valence-corrected chi connectivity index (χ1v) is 10.9. The van der Waals surface area contributed by atoms with Gasteiger partial charge in [-0.2, -0.15) is 13.2 Å². The van der Waals surface area contributed by atoms with Crippen LogP contribution in [0.3, 0.4) is 0 Å². The molecule has 3 aromatic rings. The van der Waals surface area contributed by atoms with E-state index in [0.29, 0.717) is 16.1 Å². The second-order valence-electron chi connectivity index (χ2n) is 6.91. The van der Waals surface area contributed by atoms with E-state index in [-0.39, 0.29) is 30.0 Å². The van der Waals surface area contributed by atoms with Gasteiger partial charge in [0.1, 0.15) is 6.26 Å². The third kappa shape index (κ3) is 4.95. The highest BCUT2D eigenvalue weighted by Crippen LogP contribution is 2.39. The van der Waals surface area contributed by atoms with Crippen LogP contribution in [0.4, 0.5) is 18.9 Å². The van der Waals surface area contributed by atoms with E-state index in [1.807, 2.05) is 0 Å². The molecule has 1 amide bonds. The average Bonchev–Trinajstić information content (AvgIpc) is 3.04. The van der Waals surface area contributed by atoms with E-state index < -0.39 is 28.8 Å². The molecule has 0 spiro atoms. The molecule has 1 atom stereocenters. The summed E-state index contributed by atoms with van der Waals surface area (Å²) >= 11 is -1.15. The van der Waals surface area contributed by atoms with Crippen molar-refractivity contribution in [2.75, 3.05) is 18.2 Å². The zero-order valence-corrected chi connectivity index (χ0v) is 17.7. The van der Waals surface area contributed by atoms with Crippen molar-refractivity contribution >= 4 is 22.8 Å². The molecule has 0 aliphatic rings. The number of anilines is 1. The SMILES string of the molecule is Cc1c(C(=O)Nc2ccc([S+](C)[O-])cc2)cn(CCO)c1-c1ccccc1C(F)(F)F. The average molecular weight is 450 g/mol. The zero-order chi connectivity index (χ0) is 22.8. The van der Waals surface area contributed by atoms with Gasteiger partial charge in [0.25, 0.3) is 5.91 Å². The van der Waals surface area contributed by atoms with Gasteiger partial charge in [0, 0.05) is 24.0 Å². The summed E-state index contributed by atoms with van der Waals surface area (Å²) < 4.78 is 53.7. The van der Waals surface area contributed by atoms with E-state index >= 15 is 0 Å². The van der Waals surface area contributed by atoms with E-state index in [2.05, 4.69) is 5.32 Å². The maximum atomic E-state index is 13.6. The third-order valence-electron chi connectivity index (χ3n) is 4.85. The van der Waals surface area contributed by atoms with Gasteiger partial charge < -0.3 is 19.5 Å². The largest absolute Gasteiger partial charge is 0.612 e. The van der Waals surface area contributed by atoms with E-state index in [9.17, 15) is 27.6 Å². The Hall–Kier alpha value is -2.75. The lowest BCUT2D eigenvalue weighted by Gasteiger charge is -2.15. The van der Waals surface area contributed by atoms with Crippen molar-refractivity contribution in [3.8, 4) is 11.3 Å². The first-order valence-electron chi connectivity index (χ1n) is 9.35. The second kappa shape index (κ2) is 9.17. The molecule has 31 heavy (non-hydrogen) atoms. The van der Waals surface area contributed by atoms with Crippen LogP contribution >= 0.6 is 0 Å². The minimum Gasteiger partial charge on any atom is -0.612 e. The number of benzene rings is 2. The Morgan fingerprint density at radius 1 is 1.16 bits per heavy atom. The quantitative estimate of drug-likeness (QED) is 0.544. The van der Waals surface area contributed by atoms with Gasteiger partial charge in [-0.25, -0.2) is 0 Å². The van der Waals surface area contributed by atoms with Crippen LogP contribution in [0, 0.1) is 6.92 Å². The zero-order valence-electron chi connectivity index (χ0n) is 16.9. The maximum Gasteiger partial charge on any atom is 0.417 e. The first-order chi connectivity index (χ1) is 14.6. The van der Waals surface area contributed by atoms with Crippen LogP contribution in [0.1, 0.15) is 21.5 Å². The fourth-order valence-corrected chi connectivity index (χ4v) is 3.91. The summed E-state index contributed by atoms with van der Waals surface area (Å²) in [6, 6.07) is 11.6. The van der Waals surface area contributed by atoms with Gasteiger partial charge in [0.2, 0.25) is 0 Å². The molecular formula is C22H21F3N2O3S. The van der Waals surface area contributed by atoms with Crippen LogP contribution in [0.2, 0.25) is 0 Å². The number of aliphatic hydroxyl groups is 1. The van der Waals surface area contributed by atoms with Crippen LogP contribution in [-0.4, -0.2) is 33.0 Å². The van der Waals surface area contributed by atoms with Crippen LogP contribution in [-0.2, 0) is 23.9 Å². The molecule has 1 aromatic heterocycles. The van der Waals surface area contributed by atoms with Gasteiger partial charge in [-0.15, -0.1) is 0 Å². The fourth-order valence-electron chi connectivity index (χ4n) is 3.40. The van der Waals surface area contributed by atoms with Crippen molar-refractivity contribution in [3.63, 3.8) is 0 Å². The topological polar surface area (TPSA) is 77.3 Å². The molecule has 0 bridgehead atoms. The fraction of sp³-hybridized carbons (Fsp3) is 0.227. The molecule has 0 radical (unpaired) electrons. The van der Waals surface area contributed by atoms with Crippen LogP contribution in [0.15, 0.2) is 59.6 Å². The molecule has 0 aliphatic carbocycles. The summed E-state index contributed by atoms with van der Waals surface area (Å²) in [4.78, 5) is 13.5. The summed E-state index contributed by atoms with van der Waals surface area (Å²) in [5.74, 6) is -0.495. The molecule has 2 N–H and O–H groups in total. The molecule has 0 fully saturated rings. The summed E-state index contributed by atoms with van der Waals surface area (Å²) in [5.41, 5.74) is 0.382. The number of carbonyl (C=O) groups is 1. The van der Waals surface area contributed by atoms with Gasteiger partial charge in [-0.05, 0) is 54.0 Å². The Kier molecular flexibility index (Phi) is 6.78. The second-order valence-corrected chi connectivity index (χ2v) is 8.29. The van der Waals surface area contributed by atoms with Crippen molar-refractivity contribution in [2.24, 2.45) is 0 Å². The number of amides is 1. The lowest BCUT2D eigenvalue weighted by Crippen LogP contribution is -2.12. The van der Waals surface area contributed by atoms with Gasteiger partial charge in [0.15, 0.2) is 4.90 Å². The number of halogens is 3. The highest BCUT2D eigenvalue weighted by Gasteiger charge is 2.35. The number of rotatable bonds is 6. The first kappa shape index (κ1) is 22.9. The van der Waals surface area contributed by atoms with Crippen molar-refractivity contribution in [1.29, 1.82) is 0 Å². The van der Waals surface area contributed by atoms with Crippen LogP contribution < -0.4 is 5.32 Å². The number of hydrogen-bond acceptors (Lipinski definition) is 3. The van der Waals surface area contributed by atoms with E-state index in [4.69, 9.17) is 0 Å². The normalized spacial score (nSPS) is 12.6. The minimum atomic E-state index is -4.57. The Bertz CT molecular complexity index is 1080. The third-order valence-corrected chi connectivity index (χ3v) is 5.78. The van der Waals surface area contributed by atoms with Crippen molar-refractivity contribution < 1.29 is 27.6 Å². The molecular weight excluding hydrogens is 429 g/mol.